The second-order valence-corrected chi connectivity index (χ2v) is 6.83. The fourth-order valence-corrected chi connectivity index (χ4v) is 3.23. The normalized spacial score (nSPS) is 16.0. The van der Waals surface area contributed by atoms with Gasteiger partial charge in [0.2, 0.25) is 0 Å². The van der Waals surface area contributed by atoms with Crippen LogP contribution in [0, 0.1) is 6.92 Å². The number of piperidine rings is 1. The van der Waals surface area contributed by atoms with Gasteiger partial charge in [-0.3, -0.25) is 9.89 Å². The first-order valence-corrected chi connectivity index (χ1v) is 9.24. The maximum atomic E-state index is 4.34. The van der Waals surface area contributed by atoms with Gasteiger partial charge in [-0.05, 0) is 25.3 Å². The number of rotatable bonds is 5. The Morgan fingerprint density at radius 1 is 1.19 bits per heavy atom. The first-order valence-electron chi connectivity index (χ1n) is 9.24. The van der Waals surface area contributed by atoms with Crippen LogP contribution in [0.3, 0.4) is 0 Å². The minimum Gasteiger partial charge on any atom is -0.354 e. The maximum Gasteiger partial charge on any atom is 0.191 e. The lowest BCUT2D eigenvalue weighted by molar-refractivity contribution is 0.198. The van der Waals surface area contributed by atoms with Crippen molar-refractivity contribution in [1.29, 1.82) is 0 Å². The molecule has 0 radical (unpaired) electrons. The smallest absolute Gasteiger partial charge is 0.191 e. The molecule has 0 bridgehead atoms. The zero-order valence-electron chi connectivity index (χ0n) is 16.4. The zero-order chi connectivity index (χ0) is 18.4. The van der Waals surface area contributed by atoms with Crippen LogP contribution < -0.4 is 10.6 Å². The molecule has 2 aromatic rings. The first kappa shape index (κ1) is 21.6. The van der Waals surface area contributed by atoms with Crippen molar-refractivity contribution >= 4 is 29.9 Å². The Morgan fingerprint density at radius 3 is 2.48 bits per heavy atom. The number of aliphatic imine (C=N–C) groups is 1. The van der Waals surface area contributed by atoms with Crippen molar-refractivity contribution in [2.45, 2.75) is 38.9 Å². The van der Waals surface area contributed by atoms with Crippen LogP contribution in [0.5, 0.6) is 0 Å². The van der Waals surface area contributed by atoms with Gasteiger partial charge in [0.25, 0.3) is 0 Å². The lowest BCUT2D eigenvalue weighted by atomic mass is 10.0. The number of benzene rings is 1. The van der Waals surface area contributed by atoms with Gasteiger partial charge in [0.15, 0.2) is 11.8 Å². The summed E-state index contributed by atoms with van der Waals surface area (Å²) in [5.41, 5.74) is 1.38. The van der Waals surface area contributed by atoms with E-state index < -0.39 is 0 Å². The molecule has 1 aliphatic rings. The van der Waals surface area contributed by atoms with E-state index >= 15 is 0 Å². The average Bonchev–Trinajstić information content (AvgIpc) is 2.99. The van der Waals surface area contributed by atoms with Crippen LogP contribution in [-0.4, -0.2) is 51.8 Å². The summed E-state index contributed by atoms with van der Waals surface area (Å²) >= 11 is 0. The molecule has 1 aliphatic heterocycles. The van der Waals surface area contributed by atoms with Crippen molar-refractivity contribution in [3.05, 3.63) is 47.5 Å². The Kier molecular flexibility index (Phi) is 8.49. The summed E-state index contributed by atoms with van der Waals surface area (Å²) in [6.45, 7) is 5.81. The van der Waals surface area contributed by atoms with Crippen molar-refractivity contribution in [2.75, 3.05) is 20.1 Å². The molecule has 148 valence electrons. The molecule has 2 N–H and O–H groups in total. The van der Waals surface area contributed by atoms with E-state index in [0.717, 1.165) is 50.1 Å². The van der Waals surface area contributed by atoms with Crippen LogP contribution in [0.1, 0.15) is 30.1 Å². The van der Waals surface area contributed by atoms with Gasteiger partial charge in [0.05, 0.1) is 6.54 Å². The highest BCUT2D eigenvalue weighted by atomic mass is 127. The largest absolute Gasteiger partial charge is 0.354 e. The number of aromatic nitrogens is 3. The van der Waals surface area contributed by atoms with Gasteiger partial charge in [-0.1, -0.05) is 30.3 Å². The van der Waals surface area contributed by atoms with Gasteiger partial charge >= 0.3 is 0 Å². The van der Waals surface area contributed by atoms with E-state index in [-0.39, 0.29) is 24.0 Å². The Hall–Kier alpha value is -1.68. The third-order valence-corrected chi connectivity index (χ3v) is 5.00. The molecular weight excluding hydrogens is 453 g/mol. The molecule has 3 rings (SSSR count). The van der Waals surface area contributed by atoms with Gasteiger partial charge in [0, 0.05) is 39.8 Å². The van der Waals surface area contributed by atoms with Gasteiger partial charge < -0.3 is 15.2 Å². The Bertz CT molecular complexity index is 721. The summed E-state index contributed by atoms with van der Waals surface area (Å²) in [5, 5.41) is 15.1. The number of hydrogen-bond donors (Lipinski definition) is 2. The molecule has 7 nitrogen and oxygen atoms in total. The second kappa shape index (κ2) is 10.6. The number of nitrogens with zero attached hydrogens (tertiary/aromatic N) is 5. The Balaban J connectivity index is 0.00000261. The first-order chi connectivity index (χ1) is 12.7. The molecule has 8 heteroatoms. The van der Waals surface area contributed by atoms with Crippen LogP contribution in [0.15, 0.2) is 35.3 Å². The van der Waals surface area contributed by atoms with E-state index in [1.807, 2.05) is 25.6 Å². The van der Waals surface area contributed by atoms with Crippen LogP contribution in [0.2, 0.25) is 0 Å². The van der Waals surface area contributed by atoms with Crippen LogP contribution in [0.25, 0.3) is 0 Å². The molecule has 1 fully saturated rings. The fraction of sp³-hybridized carbons (Fsp3) is 0.526. The van der Waals surface area contributed by atoms with E-state index in [0.29, 0.717) is 12.6 Å². The van der Waals surface area contributed by atoms with Crippen LogP contribution in [0.4, 0.5) is 0 Å². The molecule has 27 heavy (non-hydrogen) atoms. The van der Waals surface area contributed by atoms with E-state index in [1.165, 1.54) is 5.56 Å². The lowest BCUT2D eigenvalue weighted by Crippen LogP contribution is -2.48. The quantitative estimate of drug-likeness (QED) is 0.387. The molecule has 1 aromatic heterocycles. The van der Waals surface area contributed by atoms with Gasteiger partial charge in [-0.2, -0.15) is 0 Å². The van der Waals surface area contributed by atoms with Crippen LogP contribution in [-0.2, 0) is 20.1 Å². The van der Waals surface area contributed by atoms with Crippen molar-refractivity contribution < 1.29 is 0 Å². The maximum absolute atomic E-state index is 4.34. The third kappa shape index (κ3) is 6.17. The highest BCUT2D eigenvalue weighted by Gasteiger charge is 2.20. The third-order valence-electron chi connectivity index (χ3n) is 5.00. The molecule has 1 saturated heterocycles. The molecular formula is C19H30IN7. The van der Waals surface area contributed by atoms with E-state index in [9.17, 15) is 0 Å². The van der Waals surface area contributed by atoms with E-state index in [4.69, 9.17) is 0 Å². The summed E-state index contributed by atoms with van der Waals surface area (Å²) < 4.78 is 1.99. The van der Waals surface area contributed by atoms with Gasteiger partial charge in [-0.25, -0.2) is 0 Å². The lowest BCUT2D eigenvalue weighted by Gasteiger charge is -2.33. The minimum atomic E-state index is 0. The standard InChI is InChI=1S/C19H29N7.HI/c1-15-23-24-18(25(15)3)13-21-19(20-2)22-17-9-11-26(12-10-17)14-16-7-5-4-6-8-16;/h4-8,17H,9-14H2,1-3H3,(H2,20,21,22);1H. The molecule has 2 heterocycles. The van der Waals surface area contributed by atoms with Crippen LogP contribution >= 0.6 is 24.0 Å². The number of likely N-dealkylation sites (tertiary alicyclic amines) is 1. The van der Waals surface area contributed by atoms with Gasteiger partial charge in [-0.15, -0.1) is 34.2 Å². The summed E-state index contributed by atoms with van der Waals surface area (Å²) in [7, 11) is 3.78. The van der Waals surface area contributed by atoms with Crippen molar-refractivity contribution in [3.8, 4) is 0 Å². The van der Waals surface area contributed by atoms with Gasteiger partial charge in [0.1, 0.15) is 5.82 Å². The summed E-state index contributed by atoms with van der Waals surface area (Å²) in [4.78, 5) is 6.86. The average molecular weight is 483 g/mol. The topological polar surface area (TPSA) is 70.4 Å². The molecule has 0 unspecified atom stereocenters. The summed E-state index contributed by atoms with van der Waals surface area (Å²) in [5.74, 6) is 2.64. The second-order valence-electron chi connectivity index (χ2n) is 6.83. The van der Waals surface area contributed by atoms with Crippen molar-refractivity contribution in [2.24, 2.45) is 12.0 Å². The fourth-order valence-electron chi connectivity index (χ4n) is 3.23. The van der Waals surface area contributed by atoms with Crippen molar-refractivity contribution in [3.63, 3.8) is 0 Å². The molecule has 0 atom stereocenters. The number of aryl methyl sites for hydroxylation is 1. The van der Waals surface area contributed by atoms with Crippen molar-refractivity contribution in [1.82, 2.24) is 30.3 Å². The molecule has 0 amide bonds. The highest BCUT2D eigenvalue weighted by Crippen LogP contribution is 2.13. The number of guanidine groups is 1. The SMILES string of the molecule is CN=C(NCc1nnc(C)n1C)NC1CCN(Cc2ccccc2)CC1.I. The van der Waals surface area contributed by atoms with E-state index in [2.05, 4.69) is 61.1 Å². The predicted molar refractivity (Wildman–Crippen MR) is 119 cm³/mol. The Labute approximate surface area is 178 Å². The van der Waals surface area contributed by atoms with E-state index in [1.54, 1.807) is 0 Å². The predicted octanol–water partition coefficient (Wildman–Crippen LogP) is 2.07. The Morgan fingerprint density at radius 2 is 1.89 bits per heavy atom. The molecule has 0 aliphatic carbocycles. The minimum absolute atomic E-state index is 0. The number of nitrogens with one attached hydrogen (secondary N) is 2. The zero-order valence-corrected chi connectivity index (χ0v) is 18.7. The summed E-state index contributed by atoms with van der Waals surface area (Å²) in [6, 6.07) is 11.1. The molecule has 0 spiro atoms. The number of hydrogen-bond acceptors (Lipinski definition) is 4. The summed E-state index contributed by atoms with van der Waals surface area (Å²) in [6.07, 6.45) is 2.24. The highest BCUT2D eigenvalue weighted by molar-refractivity contribution is 14.0. The number of halogens is 1. The monoisotopic (exact) mass is 483 g/mol. The molecule has 1 aromatic carbocycles. The molecule has 0 saturated carbocycles.